The molecule has 0 N–H and O–H groups in total. The highest BCUT2D eigenvalue weighted by Crippen LogP contribution is 2.41. The second-order valence-corrected chi connectivity index (χ2v) is 8.58. The highest BCUT2D eigenvalue weighted by atomic mass is 15.4. The van der Waals surface area contributed by atoms with Crippen LogP contribution in [0.4, 0.5) is 0 Å². The molecule has 0 spiro atoms. The Hall–Kier alpha value is -0.0400. The van der Waals surface area contributed by atoms with Gasteiger partial charge in [0.2, 0.25) is 0 Å². The SMILES string of the molecule is CC(C)(C)C1CCC([N+](C)(C)C(C)(C)C)CC1. The molecule has 0 heterocycles. The highest BCUT2D eigenvalue weighted by Gasteiger charge is 2.42. The van der Waals surface area contributed by atoms with Crippen LogP contribution in [0, 0.1) is 11.3 Å². The smallest absolute Gasteiger partial charge is 0.0905 e. The normalized spacial score (nSPS) is 28.2. The molecule has 0 bridgehead atoms. The van der Waals surface area contributed by atoms with Gasteiger partial charge in [0, 0.05) is 0 Å². The Morgan fingerprint density at radius 1 is 0.765 bits per heavy atom. The summed E-state index contributed by atoms with van der Waals surface area (Å²) >= 11 is 0. The van der Waals surface area contributed by atoms with E-state index in [-0.39, 0.29) is 0 Å². The van der Waals surface area contributed by atoms with Crippen molar-refractivity contribution in [3.63, 3.8) is 0 Å². The Labute approximate surface area is 109 Å². The average Bonchev–Trinajstić information content (AvgIpc) is 2.15. The molecule has 1 rings (SSSR count). The van der Waals surface area contributed by atoms with E-state index < -0.39 is 0 Å². The molecule has 1 aliphatic carbocycles. The van der Waals surface area contributed by atoms with E-state index in [1.807, 2.05) is 0 Å². The summed E-state index contributed by atoms with van der Waals surface area (Å²) in [4.78, 5) is 0. The van der Waals surface area contributed by atoms with Crippen LogP contribution in [0.3, 0.4) is 0 Å². The Bertz CT molecular complexity index is 244. The minimum Gasteiger partial charge on any atom is -0.322 e. The predicted octanol–water partition coefficient (Wildman–Crippen LogP) is 4.47. The van der Waals surface area contributed by atoms with Crippen LogP contribution in [0.25, 0.3) is 0 Å². The van der Waals surface area contributed by atoms with Crippen LogP contribution < -0.4 is 0 Å². The second kappa shape index (κ2) is 4.57. The molecule has 0 aromatic carbocycles. The standard InChI is InChI=1S/C16H34N/c1-15(2,3)13-9-11-14(12-10-13)17(7,8)16(4,5)6/h13-14H,9-12H2,1-8H3/q+1. The van der Waals surface area contributed by atoms with Gasteiger partial charge in [-0.3, -0.25) is 0 Å². The average molecular weight is 240 g/mol. The fraction of sp³-hybridized carbons (Fsp3) is 1.00. The van der Waals surface area contributed by atoms with Crippen LogP contribution in [0.15, 0.2) is 0 Å². The first-order valence-electron chi connectivity index (χ1n) is 7.30. The lowest BCUT2D eigenvalue weighted by molar-refractivity contribution is -0.959. The van der Waals surface area contributed by atoms with E-state index >= 15 is 0 Å². The minimum atomic E-state index is 0.360. The van der Waals surface area contributed by atoms with E-state index in [9.17, 15) is 0 Å². The molecule has 0 radical (unpaired) electrons. The molecule has 0 saturated heterocycles. The maximum Gasteiger partial charge on any atom is 0.0905 e. The first-order chi connectivity index (χ1) is 7.46. The van der Waals surface area contributed by atoms with E-state index in [0.717, 1.165) is 12.0 Å². The van der Waals surface area contributed by atoms with Crippen molar-refractivity contribution < 1.29 is 4.48 Å². The number of nitrogens with zero attached hydrogens (tertiary/aromatic N) is 1. The summed E-state index contributed by atoms with van der Waals surface area (Å²) < 4.78 is 1.17. The van der Waals surface area contributed by atoms with E-state index in [2.05, 4.69) is 55.6 Å². The van der Waals surface area contributed by atoms with Crippen molar-refractivity contribution in [1.29, 1.82) is 0 Å². The third-order valence-electron chi connectivity index (χ3n) is 5.56. The Morgan fingerprint density at radius 3 is 1.47 bits per heavy atom. The number of hydrogen-bond acceptors (Lipinski definition) is 0. The summed E-state index contributed by atoms with van der Waals surface area (Å²) in [5.41, 5.74) is 0.864. The van der Waals surface area contributed by atoms with E-state index in [0.29, 0.717) is 11.0 Å². The summed E-state index contributed by atoms with van der Waals surface area (Å²) in [7, 11) is 4.84. The van der Waals surface area contributed by atoms with Crippen LogP contribution in [0.2, 0.25) is 0 Å². The molecule has 0 aromatic rings. The van der Waals surface area contributed by atoms with Gasteiger partial charge in [-0.05, 0) is 57.8 Å². The zero-order chi connectivity index (χ0) is 13.5. The van der Waals surface area contributed by atoms with Crippen molar-refractivity contribution in [2.45, 2.75) is 78.8 Å². The topological polar surface area (TPSA) is 0 Å². The number of quaternary nitrogens is 1. The molecule has 1 heteroatoms. The van der Waals surface area contributed by atoms with Crippen molar-refractivity contribution in [3.05, 3.63) is 0 Å². The third-order valence-corrected chi connectivity index (χ3v) is 5.56. The largest absolute Gasteiger partial charge is 0.322 e. The lowest BCUT2D eigenvalue weighted by atomic mass is 9.70. The van der Waals surface area contributed by atoms with Crippen LogP contribution >= 0.6 is 0 Å². The number of hydrogen-bond donors (Lipinski definition) is 0. The lowest BCUT2D eigenvalue weighted by Crippen LogP contribution is -2.61. The first-order valence-corrected chi connectivity index (χ1v) is 7.30. The maximum absolute atomic E-state index is 2.42. The molecule has 0 unspecified atom stereocenters. The third kappa shape index (κ3) is 3.24. The fourth-order valence-corrected chi connectivity index (χ4v) is 3.14. The van der Waals surface area contributed by atoms with E-state index in [1.165, 1.54) is 30.2 Å². The first kappa shape index (κ1) is 15.0. The minimum absolute atomic E-state index is 0.360. The Balaban J connectivity index is 2.64. The predicted molar refractivity (Wildman–Crippen MR) is 77.1 cm³/mol. The van der Waals surface area contributed by atoms with Crippen molar-refractivity contribution in [2.75, 3.05) is 14.1 Å². The van der Waals surface area contributed by atoms with Gasteiger partial charge in [-0.25, -0.2) is 0 Å². The molecular weight excluding hydrogens is 206 g/mol. The van der Waals surface area contributed by atoms with Gasteiger partial charge in [0.05, 0.1) is 25.7 Å². The lowest BCUT2D eigenvalue weighted by Gasteiger charge is -2.51. The van der Waals surface area contributed by atoms with Crippen LogP contribution in [0.1, 0.15) is 67.2 Å². The Kier molecular flexibility index (Phi) is 4.04. The summed E-state index contributed by atoms with van der Waals surface area (Å²) in [5.74, 6) is 0.929. The fourth-order valence-electron chi connectivity index (χ4n) is 3.14. The van der Waals surface area contributed by atoms with Gasteiger partial charge in [-0.1, -0.05) is 20.8 Å². The summed E-state index contributed by atoms with van der Waals surface area (Å²) in [6, 6.07) is 0.855. The molecule has 0 aliphatic heterocycles. The van der Waals surface area contributed by atoms with E-state index in [4.69, 9.17) is 0 Å². The van der Waals surface area contributed by atoms with Gasteiger partial charge >= 0.3 is 0 Å². The molecule has 1 nitrogen and oxygen atoms in total. The van der Waals surface area contributed by atoms with Gasteiger partial charge in [0.1, 0.15) is 0 Å². The van der Waals surface area contributed by atoms with Crippen LogP contribution in [-0.4, -0.2) is 30.2 Å². The second-order valence-electron chi connectivity index (χ2n) is 8.58. The Morgan fingerprint density at radius 2 is 1.18 bits per heavy atom. The monoisotopic (exact) mass is 240 g/mol. The molecule has 0 aromatic heterocycles. The molecule has 1 fully saturated rings. The highest BCUT2D eigenvalue weighted by molar-refractivity contribution is 4.82. The van der Waals surface area contributed by atoms with Gasteiger partial charge in [0.25, 0.3) is 0 Å². The van der Waals surface area contributed by atoms with Crippen molar-refractivity contribution in [2.24, 2.45) is 11.3 Å². The maximum atomic E-state index is 2.42. The quantitative estimate of drug-likeness (QED) is 0.593. The molecule has 17 heavy (non-hydrogen) atoms. The van der Waals surface area contributed by atoms with Crippen LogP contribution in [0.5, 0.6) is 0 Å². The van der Waals surface area contributed by atoms with Crippen molar-refractivity contribution in [1.82, 2.24) is 0 Å². The zero-order valence-corrected chi connectivity index (χ0v) is 13.4. The molecule has 0 amide bonds. The molecule has 1 saturated carbocycles. The van der Waals surface area contributed by atoms with Crippen molar-refractivity contribution >= 4 is 0 Å². The molecule has 1 aliphatic rings. The summed E-state index contributed by atoms with van der Waals surface area (Å²) in [5, 5.41) is 0. The summed E-state index contributed by atoms with van der Waals surface area (Å²) in [6.45, 7) is 14.3. The van der Waals surface area contributed by atoms with Crippen LogP contribution in [-0.2, 0) is 0 Å². The van der Waals surface area contributed by atoms with Gasteiger partial charge in [-0.2, -0.15) is 0 Å². The van der Waals surface area contributed by atoms with Crippen molar-refractivity contribution in [3.8, 4) is 0 Å². The molecule has 0 atom stereocenters. The number of rotatable bonds is 1. The van der Waals surface area contributed by atoms with E-state index in [1.54, 1.807) is 0 Å². The van der Waals surface area contributed by atoms with Gasteiger partial charge in [0.15, 0.2) is 0 Å². The summed E-state index contributed by atoms with van der Waals surface area (Å²) in [6.07, 6.45) is 5.66. The zero-order valence-electron chi connectivity index (χ0n) is 13.4. The van der Waals surface area contributed by atoms with Gasteiger partial charge in [-0.15, -0.1) is 0 Å². The van der Waals surface area contributed by atoms with Gasteiger partial charge < -0.3 is 4.48 Å². The molecular formula is C16H34N+. The molecule has 102 valence electrons.